The standard InChI is InChI=1S/C25H27N3O2S3/c1-30-22-8-6-18(7-9-22)23-26-21(17-33-23)16-27-10-12-28(13-11-27)24(29)19-2-4-20(5-3-19)25-31-14-15-32-25/h2-9,17,25H,10-16H2,1H3. The molecule has 0 radical (unpaired) electrons. The van der Waals surface area contributed by atoms with E-state index in [-0.39, 0.29) is 5.91 Å². The summed E-state index contributed by atoms with van der Waals surface area (Å²) in [6, 6.07) is 16.3. The maximum Gasteiger partial charge on any atom is 0.253 e. The summed E-state index contributed by atoms with van der Waals surface area (Å²) in [5.41, 5.74) is 4.31. The van der Waals surface area contributed by atoms with Crippen LogP contribution >= 0.6 is 34.9 Å². The van der Waals surface area contributed by atoms with Crippen LogP contribution in [0.25, 0.3) is 10.6 Å². The molecule has 2 aliphatic heterocycles. The van der Waals surface area contributed by atoms with Gasteiger partial charge in [0.15, 0.2) is 0 Å². The van der Waals surface area contributed by atoms with Crippen LogP contribution in [0.3, 0.4) is 0 Å². The molecule has 0 aliphatic carbocycles. The van der Waals surface area contributed by atoms with Crippen molar-refractivity contribution in [3.63, 3.8) is 0 Å². The van der Waals surface area contributed by atoms with Crippen molar-refractivity contribution in [1.82, 2.24) is 14.8 Å². The third-order valence-corrected chi connectivity index (χ3v) is 10.0. The van der Waals surface area contributed by atoms with E-state index < -0.39 is 0 Å². The predicted octanol–water partition coefficient (Wildman–Crippen LogP) is 5.26. The number of ether oxygens (including phenoxy) is 1. The number of aromatic nitrogens is 1. The Hall–Kier alpha value is -2.00. The molecule has 0 atom stereocenters. The van der Waals surface area contributed by atoms with E-state index in [1.807, 2.05) is 64.8 Å². The monoisotopic (exact) mass is 497 g/mol. The Balaban J connectivity index is 1.13. The topological polar surface area (TPSA) is 45.7 Å². The molecule has 0 saturated carbocycles. The van der Waals surface area contributed by atoms with Gasteiger partial charge in [0.1, 0.15) is 10.8 Å². The van der Waals surface area contributed by atoms with Gasteiger partial charge in [0.2, 0.25) is 0 Å². The van der Waals surface area contributed by atoms with Crippen LogP contribution < -0.4 is 4.74 Å². The zero-order valence-corrected chi connectivity index (χ0v) is 21.1. The Morgan fingerprint density at radius 1 is 1.00 bits per heavy atom. The van der Waals surface area contributed by atoms with E-state index in [4.69, 9.17) is 9.72 Å². The van der Waals surface area contributed by atoms with Gasteiger partial charge in [0, 0.05) is 60.7 Å². The molecule has 5 rings (SSSR count). The van der Waals surface area contributed by atoms with E-state index >= 15 is 0 Å². The first-order valence-electron chi connectivity index (χ1n) is 11.1. The van der Waals surface area contributed by atoms with Gasteiger partial charge in [0.25, 0.3) is 5.91 Å². The highest BCUT2D eigenvalue weighted by atomic mass is 32.2. The van der Waals surface area contributed by atoms with Gasteiger partial charge >= 0.3 is 0 Å². The van der Waals surface area contributed by atoms with Crippen LogP contribution in [-0.4, -0.2) is 65.5 Å². The van der Waals surface area contributed by atoms with Crippen LogP contribution in [0.1, 0.15) is 26.2 Å². The fourth-order valence-corrected chi connectivity index (χ4v) is 7.78. The molecule has 2 aromatic carbocycles. The summed E-state index contributed by atoms with van der Waals surface area (Å²) in [5, 5.41) is 3.17. The van der Waals surface area contributed by atoms with Gasteiger partial charge in [-0.2, -0.15) is 0 Å². The molecule has 8 heteroatoms. The second-order valence-corrected chi connectivity index (χ2v) is 11.7. The van der Waals surface area contributed by atoms with E-state index in [2.05, 4.69) is 22.4 Å². The van der Waals surface area contributed by atoms with E-state index in [0.29, 0.717) is 4.58 Å². The zero-order valence-electron chi connectivity index (χ0n) is 18.6. The van der Waals surface area contributed by atoms with Crippen molar-refractivity contribution in [1.29, 1.82) is 0 Å². The van der Waals surface area contributed by atoms with E-state index in [1.165, 1.54) is 17.1 Å². The number of rotatable bonds is 6. The number of piperazine rings is 1. The van der Waals surface area contributed by atoms with Crippen molar-refractivity contribution in [2.75, 3.05) is 44.8 Å². The lowest BCUT2D eigenvalue weighted by molar-refractivity contribution is 0.0627. The fraction of sp³-hybridized carbons (Fsp3) is 0.360. The van der Waals surface area contributed by atoms with Gasteiger partial charge in [-0.1, -0.05) is 12.1 Å². The fourth-order valence-electron chi connectivity index (χ4n) is 4.10. The number of thioether (sulfide) groups is 2. The third-order valence-electron chi connectivity index (χ3n) is 5.99. The minimum atomic E-state index is 0.142. The first-order valence-corrected chi connectivity index (χ1v) is 14.1. The maximum atomic E-state index is 13.0. The molecule has 2 fully saturated rings. The number of nitrogens with zero attached hydrogens (tertiary/aromatic N) is 3. The lowest BCUT2D eigenvalue weighted by atomic mass is 10.1. The zero-order chi connectivity index (χ0) is 22.6. The van der Waals surface area contributed by atoms with Gasteiger partial charge in [0.05, 0.1) is 17.4 Å². The first-order chi connectivity index (χ1) is 16.2. The number of methoxy groups -OCH3 is 1. The average molecular weight is 498 g/mol. The minimum Gasteiger partial charge on any atom is -0.497 e. The molecule has 0 bridgehead atoms. The van der Waals surface area contributed by atoms with Crippen molar-refractivity contribution < 1.29 is 9.53 Å². The Morgan fingerprint density at radius 2 is 1.70 bits per heavy atom. The second kappa shape index (κ2) is 10.5. The molecule has 3 heterocycles. The molecule has 5 nitrogen and oxygen atoms in total. The first kappa shape index (κ1) is 22.8. The smallest absolute Gasteiger partial charge is 0.253 e. The largest absolute Gasteiger partial charge is 0.497 e. The number of hydrogen-bond donors (Lipinski definition) is 0. The van der Waals surface area contributed by atoms with Gasteiger partial charge in [-0.25, -0.2) is 4.98 Å². The average Bonchev–Trinajstić information content (AvgIpc) is 3.57. The number of benzene rings is 2. The molecular weight excluding hydrogens is 470 g/mol. The Labute approximate surface area is 207 Å². The second-order valence-electron chi connectivity index (χ2n) is 8.14. The number of thiazole rings is 1. The summed E-state index contributed by atoms with van der Waals surface area (Å²) in [6.45, 7) is 4.07. The highest BCUT2D eigenvalue weighted by molar-refractivity contribution is 8.19. The molecule has 2 aliphatic rings. The lowest BCUT2D eigenvalue weighted by Gasteiger charge is -2.34. The molecule has 2 saturated heterocycles. The normalized spacial score (nSPS) is 17.4. The molecule has 0 spiro atoms. The van der Waals surface area contributed by atoms with Gasteiger partial charge in [-0.3, -0.25) is 9.69 Å². The molecule has 0 N–H and O–H groups in total. The lowest BCUT2D eigenvalue weighted by Crippen LogP contribution is -2.48. The number of carbonyl (C=O) groups excluding carboxylic acids is 1. The quantitative estimate of drug-likeness (QED) is 0.463. The van der Waals surface area contributed by atoms with Crippen molar-refractivity contribution >= 4 is 40.8 Å². The molecule has 3 aromatic rings. The maximum absolute atomic E-state index is 13.0. The van der Waals surface area contributed by atoms with Crippen LogP contribution in [0.15, 0.2) is 53.9 Å². The summed E-state index contributed by atoms with van der Waals surface area (Å²) >= 11 is 5.66. The van der Waals surface area contributed by atoms with Crippen molar-refractivity contribution in [2.24, 2.45) is 0 Å². The van der Waals surface area contributed by atoms with Crippen LogP contribution in [0.2, 0.25) is 0 Å². The number of hydrogen-bond acceptors (Lipinski definition) is 7. The summed E-state index contributed by atoms with van der Waals surface area (Å²) in [5.74, 6) is 3.42. The molecule has 172 valence electrons. The summed E-state index contributed by atoms with van der Waals surface area (Å²) in [7, 11) is 1.68. The molecular formula is C25H27N3O2S3. The van der Waals surface area contributed by atoms with Crippen molar-refractivity contribution in [3.8, 4) is 16.3 Å². The van der Waals surface area contributed by atoms with Crippen LogP contribution in [0.5, 0.6) is 5.75 Å². The van der Waals surface area contributed by atoms with Crippen molar-refractivity contribution in [2.45, 2.75) is 11.1 Å². The summed E-state index contributed by atoms with van der Waals surface area (Å²) in [6.07, 6.45) is 0. The molecule has 0 unspecified atom stereocenters. The Morgan fingerprint density at radius 3 is 2.36 bits per heavy atom. The summed E-state index contributed by atoms with van der Waals surface area (Å²) in [4.78, 5) is 22.2. The van der Waals surface area contributed by atoms with E-state index in [1.54, 1.807) is 18.4 Å². The summed E-state index contributed by atoms with van der Waals surface area (Å²) < 4.78 is 5.76. The SMILES string of the molecule is COc1ccc(-c2nc(CN3CCN(C(=O)c4ccc(C5SCCS5)cc4)CC3)cs2)cc1. The molecule has 33 heavy (non-hydrogen) atoms. The van der Waals surface area contributed by atoms with Gasteiger partial charge in [-0.05, 0) is 42.0 Å². The minimum absolute atomic E-state index is 0.142. The third kappa shape index (κ3) is 5.40. The van der Waals surface area contributed by atoms with Gasteiger partial charge < -0.3 is 9.64 Å². The van der Waals surface area contributed by atoms with Gasteiger partial charge in [-0.15, -0.1) is 34.9 Å². The predicted molar refractivity (Wildman–Crippen MR) is 139 cm³/mol. The molecule has 1 amide bonds. The Bertz CT molecular complexity index is 1070. The molecule has 1 aromatic heterocycles. The highest BCUT2D eigenvalue weighted by Gasteiger charge is 2.24. The van der Waals surface area contributed by atoms with Crippen molar-refractivity contribution in [3.05, 3.63) is 70.7 Å². The number of amides is 1. The van der Waals surface area contributed by atoms with Crippen LogP contribution in [0, 0.1) is 0 Å². The van der Waals surface area contributed by atoms with Crippen LogP contribution in [0.4, 0.5) is 0 Å². The van der Waals surface area contributed by atoms with Crippen LogP contribution in [-0.2, 0) is 6.54 Å². The highest BCUT2D eigenvalue weighted by Crippen LogP contribution is 2.45. The Kier molecular flexibility index (Phi) is 7.25. The van der Waals surface area contributed by atoms with E-state index in [9.17, 15) is 4.79 Å². The number of carbonyl (C=O) groups is 1. The van der Waals surface area contributed by atoms with E-state index in [0.717, 1.165) is 60.3 Å².